The minimum Gasteiger partial charge on any atom is -0.481 e. The summed E-state index contributed by atoms with van der Waals surface area (Å²) in [6.45, 7) is 1.94. The molecule has 3 rings (SSSR count). The number of para-hydroxylation sites is 1. The molecular formula is C20H20N2O3. The summed E-state index contributed by atoms with van der Waals surface area (Å²) in [5, 5.41) is 13.7. The van der Waals surface area contributed by atoms with Crippen LogP contribution in [-0.2, 0) is 4.79 Å². The number of nitrogens with zero attached hydrogens (tertiary/aromatic N) is 2. The highest BCUT2D eigenvalue weighted by atomic mass is 16.5. The highest BCUT2D eigenvalue weighted by Gasteiger charge is 2.18. The molecular weight excluding hydrogens is 316 g/mol. The molecule has 0 saturated carbocycles. The fourth-order valence-electron chi connectivity index (χ4n) is 2.56. The monoisotopic (exact) mass is 336 g/mol. The number of carboxylic acids is 1. The first-order chi connectivity index (χ1) is 12.2. The van der Waals surface area contributed by atoms with Gasteiger partial charge < -0.3 is 9.84 Å². The third-order valence-electron chi connectivity index (χ3n) is 4.03. The Morgan fingerprint density at radius 3 is 2.36 bits per heavy atom. The van der Waals surface area contributed by atoms with E-state index >= 15 is 0 Å². The summed E-state index contributed by atoms with van der Waals surface area (Å²) < 4.78 is 7.48. The van der Waals surface area contributed by atoms with Gasteiger partial charge in [-0.2, -0.15) is 0 Å². The highest BCUT2D eigenvalue weighted by molar-refractivity contribution is 5.70. The minimum absolute atomic E-state index is 0.103. The molecule has 0 fully saturated rings. The molecule has 5 heteroatoms. The molecule has 5 nitrogen and oxygen atoms in total. The van der Waals surface area contributed by atoms with Crippen LogP contribution in [0.1, 0.15) is 13.3 Å². The molecule has 0 aliphatic heterocycles. The van der Waals surface area contributed by atoms with Gasteiger partial charge in [-0.3, -0.25) is 4.79 Å². The van der Waals surface area contributed by atoms with Crippen molar-refractivity contribution in [3.63, 3.8) is 0 Å². The van der Waals surface area contributed by atoms with Crippen LogP contribution < -0.4 is 4.74 Å². The van der Waals surface area contributed by atoms with Crippen LogP contribution in [0.5, 0.6) is 5.88 Å². The van der Waals surface area contributed by atoms with Gasteiger partial charge in [-0.15, -0.1) is 5.10 Å². The Hall–Kier alpha value is -3.08. The Morgan fingerprint density at radius 2 is 1.76 bits per heavy atom. The molecule has 1 unspecified atom stereocenters. The second-order valence-corrected chi connectivity index (χ2v) is 5.74. The summed E-state index contributed by atoms with van der Waals surface area (Å²) in [6.07, 6.45) is 0.514. The third kappa shape index (κ3) is 3.88. The highest BCUT2D eigenvalue weighted by Crippen LogP contribution is 2.27. The minimum atomic E-state index is -0.853. The molecule has 2 aromatic carbocycles. The van der Waals surface area contributed by atoms with Gasteiger partial charge in [0.2, 0.25) is 5.88 Å². The zero-order valence-corrected chi connectivity index (χ0v) is 14.0. The average molecular weight is 336 g/mol. The molecule has 128 valence electrons. The van der Waals surface area contributed by atoms with Crippen molar-refractivity contribution in [3.8, 4) is 22.8 Å². The van der Waals surface area contributed by atoms with Crippen molar-refractivity contribution in [2.75, 3.05) is 6.61 Å². The molecule has 25 heavy (non-hydrogen) atoms. The van der Waals surface area contributed by atoms with E-state index in [1.807, 2.05) is 78.3 Å². The van der Waals surface area contributed by atoms with E-state index in [0.717, 1.165) is 16.9 Å². The molecule has 0 radical (unpaired) electrons. The molecule has 1 heterocycles. The maximum Gasteiger partial charge on any atom is 0.309 e. The standard InChI is InChI=1S/C20H20N2O3/c1-2-15(20(23)24)14-25-19-13-18(16-9-5-3-6-10-16)22(21-19)17-11-7-4-8-12-17/h3-13,15H,2,14H2,1H3,(H,23,24). The van der Waals surface area contributed by atoms with Crippen molar-refractivity contribution in [1.29, 1.82) is 0 Å². The zero-order valence-electron chi connectivity index (χ0n) is 14.0. The molecule has 0 spiro atoms. The SMILES string of the molecule is CCC(COc1cc(-c2ccccc2)n(-c2ccccc2)n1)C(=O)O. The van der Waals surface area contributed by atoms with Crippen LogP contribution in [0.15, 0.2) is 66.7 Å². The summed E-state index contributed by atoms with van der Waals surface area (Å²) in [4.78, 5) is 11.2. The summed E-state index contributed by atoms with van der Waals surface area (Å²) in [5.41, 5.74) is 2.82. The van der Waals surface area contributed by atoms with Crippen LogP contribution >= 0.6 is 0 Å². The second kappa shape index (κ2) is 7.66. The summed E-state index contributed by atoms with van der Waals surface area (Å²) in [5.74, 6) is -0.974. The Bertz CT molecular complexity index is 772. The predicted molar refractivity (Wildman–Crippen MR) is 95.9 cm³/mol. The quantitative estimate of drug-likeness (QED) is 0.707. The van der Waals surface area contributed by atoms with Gasteiger partial charge in [0.1, 0.15) is 6.61 Å². The van der Waals surface area contributed by atoms with Crippen molar-refractivity contribution in [2.24, 2.45) is 5.92 Å². The van der Waals surface area contributed by atoms with Crippen molar-refractivity contribution in [2.45, 2.75) is 13.3 Å². The van der Waals surface area contributed by atoms with Gasteiger partial charge in [-0.1, -0.05) is 55.5 Å². The van der Waals surface area contributed by atoms with Crippen LogP contribution in [0.4, 0.5) is 0 Å². The molecule has 0 amide bonds. The maximum atomic E-state index is 11.2. The van der Waals surface area contributed by atoms with Gasteiger partial charge in [0.25, 0.3) is 0 Å². The van der Waals surface area contributed by atoms with E-state index in [-0.39, 0.29) is 6.61 Å². The number of carbonyl (C=O) groups is 1. The summed E-state index contributed by atoms with van der Waals surface area (Å²) >= 11 is 0. The number of aromatic nitrogens is 2. The van der Waals surface area contributed by atoms with Crippen molar-refractivity contribution in [1.82, 2.24) is 9.78 Å². The first-order valence-corrected chi connectivity index (χ1v) is 8.25. The van der Waals surface area contributed by atoms with Gasteiger partial charge >= 0.3 is 5.97 Å². The van der Waals surface area contributed by atoms with E-state index in [4.69, 9.17) is 9.84 Å². The number of ether oxygens (including phenoxy) is 1. The molecule has 0 aliphatic rings. The lowest BCUT2D eigenvalue weighted by atomic mass is 10.1. The Balaban J connectivity index is 1.94. The average Bonchev–Trinajstić information content (AvgIpc) is 3.08. The van der Waals surface area contributed by atoms with E-state index in [1.165, 1.54) is 0 Å². The fourth-order valence-corrected chi connectivity index (χ4v) is 2.56. The first-order valence-electron chi connectivity index (χ1n) is 8.25. The van der Waals surface area contributed by atoms with E-state index in [2.05, 4.69) is 5.10 Å². The lowest BCUT2D eigenvalue weighted by molar-refractivity contribution is -0.142. The Labute approximate surface area is 146 Å². The van der Waals surface area contributed by atoms with Gasteiger partial charge in [-0.05, 0) is 18.6 Å². The molecule has 0 aliphatic carbocycles. The van der Waals surface area contributed by atoms with Gasteiger partial charge in [-0.25, -0.2) is 4.68 Å². The smallest absolute Gasteiger partial charge is 0.309 e. The Morgan fingerprint density at radius 1 is 1.12 bits per heavy atom. The number of hydrogen-bond donors (Lipinski definition) is 1. The molecule has 0 saturated heterocycles. The number of hydrogen-bond acceptors (Lipinski definition) is 3. The number of carboxylic acid groups (broad SMARTS) is 1. The largest absolute Gasteiger partial charge is 0.481 e. The van der Waals surface area contributed by atoms with Crippen LogP contribution in [0.25, 0.3) is 16.9 Å². The molecule has 3 aromatic rings. The van der Waals surface area contributed by atoms with E-state index in [1.54, 1.807) is 0 Å². The van der Waals surface area contributed by atoms with Gasteiger partial charge in [0, 0.05) is 11.6 Å². The van der Waals surface area contributed by atoms with Crippen molar-refractivity contribution < 1.29 is 14.6 Å². The van der Waals surface area contributed by atoms with Crippen LogP contribution in [0, 0.1) is 5.92 Å². The second-order valence-electron chi connectivity index (χ2n) is 5.74. The number of rotatable bonds is 7. The van der Waals surface area contributed by atoms with E-state index < -0.39 is 11.9 Å². The van der Waals surface area contributed by atoms with Gasteiger partial charge in [0.05, 0.1) is 17.3 Å². The van der Waals surface area contributed by atoms with E-state index in [9.17, 15) is 4.79 Å². The Kier molecular flexibility index (Phi) is 5.14. The molecule has 1 N–H and O–H groups in total. The van der Waals surface area contributed by atoms with Crippen LogP contribution in [0.3, 0.4) is 0 Å². The lowest BCUT2D eigenvalue weighted by Gasteiger charge is -2.09. The topological polar surface area (TPSA) is 64.4 Å². The van der Waals surface area contributed by atoms with Gasteiger partial charge in [0.15, 0.2) is 0 Å². The lowest BCUT2D eigenvalue weighted by Crippen LogP contribution is -2.20. The zero-order chi connectivity index (χ0) is 17.6. The molecule has 1 atom stereocenters. The maximum absolute atomic E-state index is 11.2. The summed E-state index contributed by atoms with van der Waals surface area (Å²) in [7, 11) is 0. The number of aliphatic carboxylic acids is 1. The molecule has 1 aromatic heterocycles. The predicted octanol–water partition coefficient (Wildman–Crippen LogP) is 4.03. The van der Waals surface area contributed by atoms with Crippen molar-refractivity contribution >= 4 is 5.97 Å². The fraction of sp³-hybridized carbons (Fsp3) is 0.200. The first kappa shape index (κ1) is 16.8. The van der Waals surface area contributed by atoms with Crippen LogP contribution in [-0.4, -0.2) is 27.5 Å². The van der Waals surface area contributed by atoms with E-state index in [0.29, 0.717) is 12.3 Å². The molecule has 0 bridgehead atoms. The normalized spacial score (nSPS) is 11.9. The third-order valence-corrected chi connectivity index (χ3v) is 4.03. The summed E-state index contributed by atoms with van der Waals surface area (Å²) in [6, 6.07) is 21.5. The van der Waals surface area contributed by atoms with Crippen molar-refractivity contribution in [3.05, 3.63) is 66.7 Å². The number of benzene rings is 2. The van der Waals surface area contributed by atoms with Crippen LogP contribution in [0.2, 0.25) is 0 Å².